The third-order valence-electron chi connectivity index (χ3n) is 4.33. The van der Waals surface area contributed by atoms with Crippen molar-refractivity contribution in [2.75, 3.05) is 31.5 Å². The minimum atomic E-state index is 0.0388. The predicted molar refractivity (Wildman–Crippen MR) is 90.3 cm³/mol. The molecule has 0 radical (unpaired) electrons. The molecule has 1 aromatic carbocycles. The highest BCUT2D eigenvalue weighted by atomic mass is 79.9. The zero-order valence-electron chi connectivity index (χ0n) is 12.6. The molecule has 1 aliphatic heterocycles. The Morgan fingerprint density at radius 3 is 2.75 bits per heavy atom. The average molecular weight is 340 g/mol. The lowest BCUT2D eigenvalue weighted by Gasteiger charge is -2.34. The second-order valence-corrected chi connectivity index (χ2v) is 6.83. The highest BCUT2D eigenvalue weighted by molar-refractivity contribution is 9.10. The zero-order valence-corrected chi connectivity index (χ0v) is 14.2. The van der Waals surface area contributed by atoms with Crippen LogP contribution in [-0.4, -0.2) is 36.6 Å². The van der Waals surface area contributed by atoms with Crippen molar-refractivity contribution in [3.05, 3.63) is 28.2 Å². The van der Waals surface area contributed by atoms with Gasteiger partial charge in [-0.2, -0.15) is 0 Å². The van der Waals surface area contributed by atoms with Gasteiger partial charge < -0.3 is 16.0 Å². The predicted octanol–water partition coefficient (Wildman–Crippen LogP) is 3.37. The van der Waals surface area contributed by atoms with Gasteiger partial charge in [0, 0.05) is 23.2 Å². The lowest BCUT2D eigenvalue weighted by atomic mass is 9.90. The minimum absolute atomic E-state index is 0.0388. The molecule has 1 aromatic rings. The van der Waals surface area contributed by atoms with Crippen LogP contribution in [0, 0.1) is 6.92 Å². The summed E-state index contributed by atoms with van der Waals surface area (Å²) in [5.41, 5.74) is 8.60. The van der Waals surface area contributed by atoms with Crippen molar-refractivity contribution in [3.63, 3.8) is 0 Å². The second-order valence-electron chi connectivity index (χ2n) is 5.91. The van der Waals surface area contributed by atoms with Crippen molar-refractivity contribution in [1.29, 1.82) is 0 Å². The molecular formula is C16H26BrN3. The van der Waals surface area contributed by atoms with Crippen LogP contribution in [0.2, 0.25) is 0 Å². The Hall–Kier alpha value is -0.580. The number of nitrogens with zero attached hydrogens (tertiary/aromatic N) is 1. The largest absolute Gasteiger partial charge is 0.378 e. The number of likely N-dealkylation sites (tertiary alicyclic amines) is 1. The summed E-state index contributed by atoms with van der Waals surface area (Å²) in [6.07, 6.45) is 3.47. The van der Waals surface area contributed by atoms with Crippen molar-refractivity contribution < 1.29 is 0 Å². The number of aryl methyl sites for hydroxylation is 1. The monoisotopic (exact) mass is 339 g/mol. The van der Waals surface area contributed by atoms with E-state index < -0.39 is 0 Å². The third kappa shape index (κ3) is 3.96. The van der Waals surface area contributed by atoms with E-state index in [1.54, 1.807) is 0 Å². The van der Waals surface area contributed by atoms with Gasteiger partial charge in [-0.3, -0.25) is 0 Å². The van der Waals surface area contributed by atoms with E-state index in [4.69, 9.17) is 5.73 Å². The number of halogens is 1. The number of nitrogens with one attached hydrogen (secondary N) is 1. The molecule has 4 heteroatoms. The quantitative estimate of drug-likeness (QED) is 0.883. The Kier molecular flexibility index (Phi) is 5.47. The van der Waals surface area contributed by atoms with E-state index >= 15 is 0 Å². The zero-order chi connectivity index (χ0) is 14.6. The van der Waals surface area contributed by atoms with Crippen molar-refractivity contribution in [3.8, 4) is 0 Å². The van der Waals surface area contributed by atoms with Crippen LogP contribution in [-0.2, 0) is 0 Å². The molecule has 0 aromatic heterocycles. The maximum absolute atomic E-state index is 6.13. The van der Waals surface area contributed by atoms with Crippen LogP contribution in [0.3, 0.4) is 0 Å². The van der Waals surface area contributed by atoms with Gasteiger partial charge in [0.05, 0.1) is 5.54 Å². The summed E-state index contributed by atoms with van der Waals surface area (Å²) in [5, 5.41) is 3.73. The molecule has 0 amide bonds. The van der Waals surface area contributed by atoms with Crippen LogP contribution in [0.25, 0.3) is 0 Å². The summed E-state index contributed by atoms with van der Waals surface area (Å²) < 4.78 is 1.12. The standard InChI is InChI=1S/C16H26BrN3/c1-3-20-7-4-5-16(12-18,6-8-20)19-15-10-13(2)9-14(17)11-15/h9-11,19H,3-8,12,18H2,1-2H3. The molecule has 112 valence electrons. The van der Waals surface area contributed by atoms with Gasteiger partial charge in [0.25, 0.3) is 0 Å². The van der Waals surface area contributed by atoms with E-state index in [1.807, 2.05) is 0 Å². The molecule has 1 aliphatic rings. The van der Waals surface area contributed by atoms with E-state index in [9.17, 15) is 0 Å². The first-order valence-electron chi connectivity index (χ1n) is 7.55. The number of benzene rings is 1. The van der Waals surface area contributed by atoms with Crippen LogP contribution in [0.1, 0.15) is 31.7 Å². The Morgan fingerprint density at radius 1 is 1.30 bits per heavy atom. The van der Waals surface area contributed by atoms with Gasteiger partial charge in [-0.1, -0.05) is 22.9 Å². The van der Waals surface area contributed by atoms with Gasteiger partial charge in [0.15, 0.2) is 0 Å². The molecule has 1 saturated heterocycles. The molecule has 3 N–H and O–H groups in total. The summed E-state index contributed by atoms with van der Waals surface area (Å²) in [7, 11) is 0. The lowest BCUT2D eigenvalue weighted by molar-refractivity contribution is 0.293. The second kappa shape index (κ2) is 6.92. The number of hydrogen-bond donors (Lipinski definition) is 2. The Balaban J connectivity index is 2.14. The highest BCUT2D eigenvalue weighted by Crippen LogP contribution is 2.28. The van der Waals surface area contributed by atoms with Gasteiger partial charge in [0.1, 0.15) is 0 Å². The molecule has 1 fully saturated rings. The fraction of sp³-hybridized carbons (Fsp3) is 0.625. The average Bonchev–Trinajstić information content (AvgIpc) is 2.60. The van der Waals surface area contributed by atoms with Gasteiger partial charge in [-0.25, -0.2) is 0 Å². The fourth-order valence-corrected chi connectivity index (χ4v) is 3.67. The van der Waals surface area contributed by atoms with Gasteiger partial charge >= 0.3 is 0 Å². The molecule has 0 saturated carbocycles. The van der Waals surface area contributed by atoms with Crippen LogP contribution in [0.4, 0.5) is 5.69 Å². The van der Waals surface area contributed by atoms with Crippen LogP contribution < -0.4 is 11.1 Å². The van der Waals surface area contributed by atoms with Gasteiger partial charge in [-0.15, -0.1) is 0 Å². The summed E-state index contributed by atoms with van der Waals surface area (Å²) in [6, 6.07) is 6.48. The van der Waals surface area contributed by atoms with Crippen molar-refractivity contribution in [1.82, 2.24) is 4.90 Å². The fourth-order valence-electron chi connectivity index (χ4n) is 3.06. The highest BCUT2D eigenvalue weighted by Gasteiger charge is 2.31. The maximum atomic E-state index is 6.13. The van der Waals surface area contributed by atoms with E-state index in [-0.39, 0.29) is 5.54 Å². The van der Waals surface area contributed by atoms with Crippen molar-refractivity contribution >= 4 is 21.6 Å². The summed E-state index contributed by atoms with van der Waals surface area (Å²) >= 11 is 3.57. The molecule has 1 unspecified atom stereocenters. The number of rotatable bonds is 4. The maximum Gasteiger partial charge on any atom is 0.0508 e. The van der Waals surface area contributed by atoms with Crippen LogP contribution in [0.5, 0.6) is 0 Å². The Labute approximate surface area is 131 Å². The first kappa shape index (κ1) is 15.8. The molecule has 20 heavy (non-hydrogen) atoms. The first-order chi connectivity index (χ1) is 9.57. The number of anilines is 1. The lowest BCUT2D eigenvalue weighted by Crippen LogP contribution is -2.46. The minimum Gasteiger partial charge on any atom is -0.378 e. The molecule has 2 rings (SSSR count). The number of hydrogen-bond acceptors (Lipinski definition) is 3. The molecular weight excluding hydrogens is 314 g/mol. The van der Waals surface area contributed by atoms with Crippen molar-refractivity contribution in [2.24, 2.45) is 5.73 Å². The van der Waals surface area contributed by atoms with E-state index in [0.717, 1.165) is 30.4 Å². The van der Waals surface area contributed by atoms with E-state index in [0.29, 0.717) is 6.54 Å². The summed E-state index contributed by atoms with van der Waals surface area (Å²) in [5.74, 6) is 0. The molecule has 0 aliphatic carbocycles. The van der Waals surface area contributed by atoms with Crippen LogP contribution >= 0.6 is 15.9 Å². The topological polar surface area (TPSA) is 41.3 Å². The molecule has 0 bridgehead atoms. The Bertz CT molecular complexity index is 429. The van der Waals surface area contributed by atoms with Crippen molar-refractivity contribution in [2.45, 2.75) is 38.6 Å². The normalized spacial score (nSPS) is 24.4. The van der Waals surface area contributed by atoms with E-state index in [2.05, 4.69) is 58.2 Å². The first-order valence-corrected chi connectivity index (χ1v) is 8.34. The number of nitrogens with two attached hydrogens (primary N) is 1. The van der Waals surface area contributed by atoms with Crippen LogP contribution in [0.15, 0.2) is 22.7 Å². The third-order valence-corrected chi connectivity index (χ3v) is 4.78. The van der Waals surface area contributed by atoms with Gasteiger partial charge in [0.2, 0.25) is 0 Å². The SMILES string of the molecule is CCN1CCCC(CN)(Nc2cc(C)cc(Br)c2)CC1. The molecule has 1 atom stereocenters. The van der Waals surface area contributed by atoms with E-state index in [1.165, 1.54) is 24.2 Å². The molecule has 0 spiro atoms. The van der Waals surface area contributed by atoms with Gasteiger partial charge in [-0.05, 0) is 63.0 Å². The summed E-state index contributed by atoms with van der Waals surface area (Å²) in [6.45, 7) is 8.51. The summed E-state index contributed by atoms with van der Waals surface area (Å²) in [4.78, 5) is 2.52. The Morgan fingerprint density at radius 2 is 2.10 bits per heavy atom. The molecule has 3 nitrogen and oxygen atoms in total. The molecule has 1 heterocycles. The smallest absolute Gasteiger partial charge is 0.0508 e.